The number of aryl methyl sites for hydroxylation is 1. The number of nitrogens with zero attached hydrogens (tertiary/aromatic N) is 2. The summed E-state index contributed by atoms with van der Waals surface area (Å²) in [6.45, 7) is 3.04. The Morgan fingerprint density at radius 3 is 2.70 bits per heavy atom. The third-order valence-corrected chi connectivity index (χ3v) is 4.47. The molecule has 23 heavy (non-hydrogen) atoms. The molecule has 1 heterocycles. The number of pyridine rings is 1. The molecular formula is C20H23N3. The van der Waals surface area contributed by atoms with Crippen LogP contribution in [-0.4, -0.2) is 11.5 Å². The van der Waals surface area contributed by atoms with E-state index < -0.39 is 0 Å². The molecule has 1 N–H and O–H groups in total. The van der Waals surface area contributed by atoms with Crippen molar-refractivity contribution in [3.05, 3.63) is 47.2 Å². The highest BCUT2D eigenvalue weighted by molar-refractivity contribution is 5.80. The normalized spacial score (nSPS) is 13.2. The molecule has 0 radical (unpaired) electrons. The van der Waals surface area contributed by atoms with Crippen LogP contribution in [0.4, 0.5) is 5.82 Å². The van der Waals surface area contributed by atoms with Crippen LogP contribution in [0.5, 0.6) is 0 Å². The van der Waals surface area contributed by atoms with E-state index in [9.17, 15) is 5.26 Å². The minimum atomic E-state index is 0.702. The van der Waals surface area contributed by atoms with Crippen molar-refractivity contribution in [1.29, 1.82) is 5.26 Å². The molecule has 0 atom stereocenters. The highest BCUT2D eigenvalue weighted by atomic mass is 15.0. The Labute approximate surface area is 138 Å². The molecule has 0 fully saturated rings. The summed E-state index contributed by atoms with van der Waals surface area (Å²) < 4.78 is 0. The molecular weight excluding hydrogens is 282 g/mol. The average Bonchev–Trinajstić information content (AvgIpc) is 2.61. The van der Waals surface area contributed by atoms with Crippen LogP contribution in [0.25, 0.3) is 11.1 Å². The van der Waals surface area contributed by atoms with E-state index >= 15 is 0 Å². The summed E-state index contributed by atoms with van der Waals surface area (Å²) in [6, 6.07) is 12.7. The topological polar surface area (TPSA) is 48.7 Å². The fourth-order valence-corrected chi connectivity index (χ4v) is 3.29. The van der Waals surface area contributed by atoms with Gasteiger partial charge in [-0.2, -0.15) is 5.26 Å². The van der Waals surface area contributed by atoms with E-state index in [-0.39, 0.29) is 0 Å². The Kier molecular flexibility index (Phi) is 4.92. The van der Waals surface area contributed by atoms with E-state index in [1.54, 1.807) is 0 Å². The van der Waals surface area contributed by atoms with Crippen molar-refractivity contribution in [2.24, 2.45) is 0 Å². The molecule has 0 spiro atoms. The van der Waals surface area contributed by atoms with E-state index in [0.717, 1.165) is 49.2 Å². The van der Waals surface area contributed by atoms with Gasteiger partial charge in [0, 0.05) is 17.8 Å². The summed E-state index contributed by atoms with van der Waals surface area (Å²) in [5, 5.41) is 13.2. The molecule has 0 bridgehead atoms. The number of hydrogen-bond acceptors (Lipinski definition) is 3. The maximum atomic E-state index is 9.79. The van der Waals surface area contributed by atoms with Crippen molar-refractivity contribution in [3.8, 4) is 17.2 Å². The van der Waals surface area contributed by atoms with Crippen LogP contribution in [0.1, 0.15) is 49.4 Å². The SMILES string of the molecule is CCCCNc1nc2c(c(-c3ccccc3)c1C#N)CCCC2. The number of aromatic nitrogens is 1. The van der Waals surface area contributed by atoms with Gasteiger partial charge in [-0.3, -0.25) is 0 Å². The minimum absolute atomic E-state index is 0.702. The Morgan fingerprint density at radius 2 is 1.96 bits per heavy atom. The average molecular weight is 305 g/mol. The smallest absolute Gasteiger partial charge is 0.144 e. The lowest BCUT2D eigenvalue weighted by atomic mass is 9.86. The fourth-order valence-electron chi connectivity index (χ4n) is 3.29. The van der Waals surface area contributed by atoms with E-state index in [4.69, 9.17) is 4.98 Å². The first kappa shape index (κ1) is 15.6. The first-order valence-electron chi connectivity index (χ1n) is 8.60. The summed E-state index contributed by atoms with van der Waals surface area (Å²) in [6.07, 6.45) is 6.63. The lowest BCUT2D eigenvalue weighted by Gasteiger charge is -2.22. The quantitative estimate of drug-likeness (QED) is 0.814. The summed E-state index contributed by atoms with van der Waals surface area (Å²) in [5.41, 5.74) is 5.38. The number of benzene rings is 1. The van der Waals surface area contributed by atoms with Crippen molar-refractivity contribution in [2.75, 3.05) is 11.9 Å². The van der Waals surface area contributed by atoms with Gasteiger partial charge in [0.25, 0.3) is 0 Å². The molecule has 0 unspecified atom stereocenters. The van der Waals surface area contributed by atoms with Gasteiger partial charge in [0.15, 0.2) is 0 Å². The van der Waals surface area contributed by atoms with Crippen LogP contribution in [0.2, 0.25) is 0 Å². The molecule has 0 saturated carbocycles. The van der Waals surface area contributed by atoms with Crippen LogP contribution in [0, 0.1) is 11.3 Å². The zero-order valence-corrected chi connectivity index (χ0v) is 13.7. The minimum Gasteiger partial charge on any atom is -0.369 e. The molecule has 118 valence electrons. The third kappa shape index (κ3) is 3.22. The molecule has 0 aliphatic heterocycles. The molecule has 1 aromatic heterocycles. The van der Waals surface area contributed by atoms with Gasteiger partial charge < -0.3 is 5.32 Å². The van der Waals surface area contributed by atoms with E-state index in [1.165, 1.54) is 24.1 Å². The monoisotopic (exact) mass is 305 g/mol. The number of nitrogens with one attached hydrogen (secondary N) is 1. The lowest BCUT2D eigenvalue weighted by Crippen LogP contribution is -2.13. The van der Waals surface area contributed by atoms with Gasteiger partial charge in [-0.25, -0.2) is 4.98 Å². The van der Waals surface area contributed by atoms with Crippen LogP contribution in [0.3, 0.4) is 0 Å². The highest BCUT2D eigenvalue weighted by Crippen LogP contribution is 2.36. The number of anilines is 1. The van der Waals surface area contributed by atoms with Crippen molar-refractivity contribution < 1.29 is 0 Å². The second-order valence-corrected chi connectivity index (χ2v) is 6.10. The number of rotatable bonds is 5. The molecule has 3 heteroatoms. The molecule has 0 saturated heterocycles. The van der Waals surface area contributed by atoms with Gasteiger partial charge >= 0.3 is 0 Å². The van der Waals surface area contributed by atoms with Crippen LogP contribution >= 0.6 is 0 Å². The molecule has 3 nitrogen and oxygen atoms in total. The number of hydrogen-bond donors (Lipinski definition) is 1. The van der Waals surface area contributed by atoms with Crippen LogP contribution in [-0.2, 0) is 12.8 Å². The maximum Gasteiger partial charge on any atom is 0.144 e. The predicted molar refractivity (Wildman–Crippen MR) is 94.4 cm³/mol. The van der Waals surface area contributed by atoms with Gasteiger partial charge in [0.05, 0.1) is 0 Å². The van der Waals surface area contributed by atoms with E-state index in [0.29, 0.717) is 5.56 Å². The van der Waals surface area contributed by atoms with Gasteiger partial charge in [-0.05, 0) is 43.2 Å². The zero-order chi connectivity index (χ0) is 16.1. The Bertz CT molecular complexity index is 714. The second kappa shape index (κ2) is 7.28. The molecule has 2 aromatic rings. The summed E-state index contributed by atoms with van der Waals surface area (Å²) in [5.74, 6) is 0.764. The largest absolute Gasteiger partial charge is 0.369 e. The zero-order valence-electron chi connectivity index (χ0n) is 13.7. The van der Waals surface area contributed by atoms with Crippen molar-refractivity contribution in [3.63, 3.8) is 0 Å². The van der Waals surface area contributed by atoms with Gasteiger partial charge in [0.2, 0.25) is 0 Å². The summed E-state index contributed by atoms with van der Waals surface area (Å²) >= 11 is 0. The second-order valence-electron chi connectivity index (χ2n) is 6.10. The molecule has 1 aliphatic rings. The van der Waals surface area contributed by atoms with Crippen LogP contribution in [0.15, 0.2) is 30.3 Å². The fraction of sp³-hybridized carbons (Fsp3) is 0.400. The summed E-state index contributed by atoms with van der Waals surface area (Å²) in [7, 11) is 0. The predicted octanol–water partition coefficient (Wildman–Crippen LogP) is 4.71. The Balaban J connectivity index is 2.14. The van der Waals surface area contributed by atoms with E-state index in [2.05, 4.69) is 30.4 Å². The number of nitriles is 1. The van der Waals surface area contributed by atoms with Gasteiger partial charge in [0.1, 0.15) is 17.5 Å². The van der Waals surface area contributed by atoms with Crippen LogP contribution < -0.4 is 5.32 Å². The molecule has 1 aliphatic carbocycles. The van der Waals surface area contributed by atoms with Gasteiger partial charge in [-0.1, -0.05) is 43.7 Å². The third-order valence-electron chi connectivity index (χ3n) is 4.47. The Morgan fingerprint density at radius 1 is 1.17 bits per heavy atom. The molecule has 1 aromatic carbocycles. The Hall–Kier alpha value is -2.34. The highest BCUT2D eigenvalue weighted by Gasteiger charge is 2.22. The number of fused-ring (bicyclic) bond motifs is 1. The van der Waals surface area contributed by atoms with Crippen molar-refractivity contribution >= 4 is 5.82 Å². The maximum absolute atomic E-state index is 9.79. The summed E-state index contributed by atoms with van der Waals surface area (Å²) in [4.78, 5) is 4.81. The first-order valence-corrected chi connectivity index (χ1v) is 8.60. The lowest BCUT2D eigenvalue weighted by molar-refractivity contribution is 0.669. The van der Waals surface area contributed by atoms with Crippen molar-refractivity contribution in [1.82, 2.24) is 4.98 Å². The van der Waals surface area contributed by atoms with Crippen molar-refractivity contribution in [2.45, 2.75) is 45.4 Å². The first-order chi connectivity index (χ1) is 11.3. The number of unbranched alkanes of at least 4 members (excludes halogenated alkanes) is 1. The molecule has 3 rings (SSSR count). The van der Waals surface area contributed by atoms with E-state index in [1.807, 2.05) is 18.2 Å². The molecule has 0 amide bonds. The standard InChI is InChI=1S/C20H23N3/c1-2-3-13-22-20-17(14-21)19(15-9-5-4-6-10-15)16-11-7-8-12-18(16)23-20/h4-6,9-10H,2-3,7-8,11-13H2,1H3,(H,22,23). The van der Waals surface area contributed by atoms with Gasteiger partial charge in [-0.15, -0.1) is 0 Å².